The van der Waals surface area contributed by atoms with Crippen LogP contribution in [0.5, 0.6) is 0 Å². The molecule has 146 valence electrons. The van der Waals surface area contributed by atoms with Gasteiger partial charge in [-0.2, -0.15) is 0 Å². The third-order valence-electron chi connectivity index (χ3n) is 5.52. The molecule has 0 fully saturated rings. The number of H-pyrrole nitrogens is 2. The maximum atomic E-state index is 4.81. The van der Waals surface area contributed by atoms with Crippen LogP contribution in [0.4, 0.5) is 11.4 Å². The quantitative estimate of drug-likeness (QED) is 0.318. The molecule has 5 rings (SSSR count). The van der Waals surface area contributed by atoms with Crippen LogP contribution in [0.15, 0.2) is 83.0 Å². The second-order valence-electron chi connectivity index (χ2n) is 7.52. The topological polar surface area (TPSA) is 56.3 Å². The molecule has 0 aliphatic rings. The first-order chi connectivity index (χ1) is 14.7. The molecule has 0 radical (unpaired) electrons. The molecule has 0 saturated carbocycles. The summed E-state index contributed by atoms with van der Waals surface area (Å²) in [5.41, 5.74) is 8.41. The molecule has 4 nitrogen and oxygen atoms in total. The molecule has 4 heteroatoms. The van der Waals surface area contributed by atoms with Crippen molar-refractivity contribution in [3.8, 4) is 0 Å². The molecule has 2 N–H and O–H groups in total. The van der Waals surface area contributed by atoms with Crippen molar-refractivity contribution in [3.05, 3.63) is 95.3 Å². The number of benzene rings is 3. The maximum absolute atomic E-state index is 4.81. The summed E-state index contributed by atoms with van der Waals surface area (Å²) in [6.07, 6.45) is 7.73. The van der Waals surface area contributed by atoms with E-state index in [2.05, 4.69) is 72.3 Å². The van der Waals surface area contributed by atoms with Crippen LogP contribution >= 0.6 is 0 Å². The molecule has 0 aliphatic carbocycles. The summed E-state index contributed by atoms with van der Waals surface area (Å²) >= 11 is 0. The number of nitrogens with one attached hydrogen (secondary N) is 2. The highest BCUT2D eigenvalue weighted by Crippen LogP contribution is 2.31. The van der Waals surface area contributed by atoms with Crippen LogP contribution < -0.4 is 0 Å². The van der Waals surface area contributed by atoms with Gasteiger partial charge in [-0.15, -0.1) is 0 Å². The summed E-state index contributed by atoms with van der Waals surface area (Å²) in [7, 11) is 0. The lowest BCUT2D eigenvalue weighted by Gasteiger charge is -2.06. The maximum Gasteiger partial charge on any atom is 0.0889 e. The van der Waals surface area contributed by atoms with Gasteiger partial charge in [0.1, 0.15) is 0 Å². The molecule has 0 bridgehead atoms. The first kappa shape index (κ1) is 18.1. The van der Waals surface area contributed by atoms with Gasteiger partial charge in [0.2, 0.25) is 0 Å². The van der Waals surface area contributed by atoms with Gasteiger partial charge in [0.15, 0.2) is 0 Å². The summed E-state index contributed by atoms with van der Waals surface area (Å²) in [4.78, 5) is 16.2. The van der Waals surface area contributed by atoms with Gasteiger partial charge in [-0.1, -0.05) is 36.4 Å². The van der Waals surface area contributed by atoms with E-state index in [1.807, 2.05) is 37.0 Å². The van der Waals surface area contributed by atoms with Crippen LogP contribution in [-0.2, 0) is 0 Å². The fourth-order valence-electron chi connectivity index (χ4n) is 3.70. The molecule has 2 aromatic heterocycles. The van der Waals surface area contributed by atoms with E-state index in [1.54, 1.807) is 0 Å². The Labute approximate surface area is 175 Å². The fraction of sp³-hybridized carbons (Fsp3) is 0.0769. The van der Waals surface area contributed by atoms with E-state index >= 15 is 0 Å². The fourth-order valence-corrected chi connectivity index (χ4v) is 3.70. The van der Waals surface area contributed by atoms with E-state index in [0.29, 0.717) is 0 Å². The van der Waals surface area contributed by atoms with Crippen molar-refractivity contribution in [3.63, 3.8) is 0 Å². The Bertz CT molecular complexity index is 1310. The largest absolute Gasteiger partial charge is 0.361 e. The molecule has 30 heavy (non-hydrogen) atoms. The number of aliphatic imine (C=N–C) groups is 2. The second kappa shape index (κ2) is 7.48. The zero-order valence-electron chi connectivity index (χ0n) is 17.0. The molecule has 0 amide bonds. The summed E-state index contributed by atoms with van der Waals surface area (Å²) < 4.78 is 0. The lowest BCUT2D eigenvalue weighted by molar-refractivity contribution is 1.31. The molecule has 0 atom stereocenters. The highest BCUT2D eigenvalue weighted by Gasteiger charge is 2.06. The van der Waals surface area contributed by atoms with Crippen molar-refractivity contribution in [1.29, 1.82) is 0 Å². The van der Waals surface area contributed by atoms with Gasteiger partial charge in [-0.05, 0) is 49.2 Å². The number of rotatable bonds is 4. The molecular formula is C26H22N4. The standard InChI is InChI=1S/C26H22N4/c1-17-13-23(29-15-21-7-3-5-19-9-11-27-25(19)21)24(14-18(17)2)30-16-22-8-4-6-20-10-12-28-26(20)22/h3-16,27-28H,1-2H3. The Morgan fingerprint density at radius 1 is 0.633 bits per heavy atom. The van der Waals surface area contributed by atoms with Crippen LogP contribution in [-0.4, -0.2) is 22.4 Å². The molecule has 3 aromatic carbocycles. The van der Waals surface area contributed by atoms with E-state index in [9.17, 15) is 0 Å². The molecule has 2 heterocycles. The van der Waals surface area contributed by atoms with Gasteiger partial charge >= 0.3 is 0 Å². The molecule has 0 spiro atoms. The predicted molar refractivity (Wildman–Crippen MR) is 127 cm³/mol. The molecule has 0 unspecified atom stereocenters. The average molecular weight is 390 g/mol. The Kier molecular flexibility index (Phi) is 4.52. The van der Waals surface area contributed by atoms with Gasteiger partial charge in [0, 0.05) is 46.7 Å². The molecule has 5 aromatic rings. The van der Waals surface area contributed by atoms with Crippen LogP contribution in [0.1, 0.15) is 22.3 Å². The predicted octanol–water partition coefficient (Wildman–Crippen LogP) is 6.77. The number of aromatic nitrogens is 2. The van der Waals surface area contributed by atoms with Crippen LogP contribution in [0.2, 0.25) is 0 Å². The second-order valence-corrected chi connectivity index (χ2v) is 7.52. The van der Waals surface area contributed by atoms with Gasteiger partial charge in [0.25, 0.3) is 0 Å². The summed E-state index contributed by atoms with van der Waals surface area (Å²) in [6, 6.07) is 20.8. The van der Waals surface area contributed by atoms with Gasteiger partial charge in [-0.3, -0.25) is 9.98 Å². The third kappa shape index (κ3) is 3.33. The summed E-state index contributed by atoms with van der Waals surface area (Å²) in [5.74, 6) is 0. The Morgan fingerprint density at radius 3 is 1.57 bits per heavy atom. The van der Waals surface area contributed by atoms with Crippen LogP contribution in [0, 0.1) is 13.8 Å². The minimum absolute atomic E-state index is 0.858. The van der Waals surface area contributed by atoms with E-state index < -0.39 is 0 Å². The number of fused-ring (bicyclic) bond motifs is 2. The minimum atomic E-state index is 0.858. The Balaban J connectivity index is 1.55. The first-order valence-corrected chi connectivity index (χ1v) is 10.0. The van der Waals surface area contributed by atoms with Gasteiger partial charge in [0.05, 0.1) is 22.4 Å². The molecule has 0 saturated heterocycles. The van der Waals surface area contributed by atoms with E-state index in [1.165, 1.54) is 21.9 Å². The lowest BCUT2D eigenvalue weighted by atomic mass is 10.1. The SMILES string of the molecule is Cc1cc(N=Cc2cccc3cc[nH]c23)c(N=Cc2cccc3cc[nH]c23)cc1C. The van der Waals surface area contributed by atoms with Crippen molar-refractivity contribution in [2.75, 3.05) is 0 Å². The van der Waals surface area contributed by atoms with Crippen molar-refractivity contribution >= 4 is 45.6 Å². The first-order valence-electron chi connectivity index (χ1n) is 10.0. The van der Waals surface area contributed by atoms with Crippen molar-refractivity contribution in [2.24, 2.45) is 9.98 Å². The highest BCUT2D eigenvalue weighted by molar-refractivity contribution is 6.00. The number of aryl methyl sites for hydroxylation is 2. The van der Waals surface area contributed by atoms with E-state index in [-0.39, 0.29) is 0 Å². The summed E-state index contributed by atoms with van der Waals surface area (Å²) in [5, 5.41) is 2.35. The van der Waals surface area contributed by atoms with Crippen molar-refractivity contribution in [2.45, 2.75) is 13.8 Å². The lowest BCUT2D eigenvalue weighted by Crippen LogP contribution is -1.86. The van der Waals surface area contributed by atoms with Crippen molar-refractivity contribution < 1.29 is 0 Å². The van der Waals surface area contributed by atoms with E-state index in [0.717, 1.165) is 33.5 Å². The van der Waals surface area contributed by atoms with E-state index in [4.69, 9.17) is 9.98 Å². The molecule has 0 aliphatic heterocycles. The minimum Gasteiger partial charge on any atom is -0.361 e. The Hall–Kier alpha value is -3.92. The highest BCUT2D eigenvalue weighted by atomic mass is 14.8. The number of hydrogen-bond acceptors (Lipinski definition) is 2. The Morgan fingerprint density at radius 2 is 1.10 bits per heavy atom. The van der Waals surface area contributed by atoms with Gasteiger partial charge in [-0.25, -0.2) is 0 Å². The average Bonchev–Trinajstić information content (AvgIpc) is 3.42. The smallest absolute Gasteiger partial charge is 0.0889 e. The van der Waals surface area contributed by atoms with Crippen molar-refractivity contribution in [1.82, 2.24) is 9.97 Å². The number of nitrogens with zero attached hydrogens (tertiary/aromatic N) is 2. The number of hydrogen-bond donors (Lipinski definition) is 2. The third-order valence-corrected chi connectivity index (χ3v) is 5.52. The normalized spacial score (nSPS) is 12.1. The van der Waals surface area contributed by atoms with Gasteiger partial charge < -0.3 is 9.97 Å². The number of para-hydroxylation sites is 2. The zero-order valence-corrected chi connectivity index (χ0v) is 17.0. The van der Waals surface area contributed by atoms with Crippen LogP contribution in [0.3, 0.4) is 0 Å². The molecular weight excluding hydrogens is 368 g/mol. The zero-order chi connectivity index (χ0) is 20.5. The number of aromatic amines is 2. The summed E-state index contributed by atoms with van der Waals surface area (Å²) in [6.45, 7) is 4.21. The monoisotopic (exact) mass is 390 g/mol. The van der Waals surface area contributed by atoms with Crippen LogP contribution in [0.25, 0.3) is 21.8 Å².